The molecule has 0 radical (unpaired) electrons. The fourth-order valence-corrected chi connectivity index (χ4v) is 9.87. The summed E-state index contributed by atoms with van der Waals surface area (Å²) < 4.78 is 16.9. The highest BCUT2D eigenvalue weighted by Crippen LogP contribution is 2.18. The third-order valence-electron chi connectivity index (χ3n) is 14.8. The molecule has 0 aromatic rings. The molecule has 438 valence electrons. The fraction of sp³-hybridized carbons (Fsp3) is 0.841. The molecule has 6 nitrogen and oxygen atoms in total. The van der Waals surface area contributed by atoms with Crippen LogP contribution in [0.5, 0.6) is 0 Å². The molecule has 0 bridgehead atoms. The lowest BCUT2D eigenvalue weighted by atomic mass is 10.0. The summed E-state index contributed by atoms with van der Waals surface area (Å²) in [5, 5.41) is 0. The Morgan fingerprint density at radius 3 is 0.827 bits per heavy atom. The van der Waals surface area contributed by atoms with Crippen molar-refractivity contribution in [2.75, 3.05) is 13.2 Å². The molecule has 75 heavy (non-hydrogen) atoms. The van der Waals surface area contributed by atoms with E-state index in [1.165, 1.54) is 218 Å². The van der Waals surface area contributed by atoms with Gasteiger partial charge in [-0.25, -0.2) is 0 Å². The van der Waals surface area contributed by atoms with Crippen LogP contribution in [0.15, 0.2) is 48.6 Å². The van der Waals surface area contributed by atoms with Gasteiger partial charge in [-0.15, -0.1) is 0 Å². The first-order valence-electron chi connectivity index (χ1n) is 33.1. The summed E-state index contributed by atoms with van der Waals surface area (Å²) in [4.78, 5) is 38.3. The molecule has 0 aliphatic rings. The van der Waals surface area contributed by atoms with Gasteiger partial charge in [0, 0.05) is 19.3 Å². The minimum Gasteiger partial charge on any atom is -0.462 e. The molecule has 0 aliphatic heterocycles. The number of allylic oxidation sites excluding steroid dienone is 8. The molecule has 0 aliphatic carbocycles. The van der Waals surface area contributed by atoms with E-state index in [4.69, 9.17) is 14.2 Å². The molecule has 0 amide bonds. The van der Waals surface area contributed by atoms with Crippen molar-refractivity contribution in [1.82, 2.24) is 0 Å². The second-order valence-electron chi connectivity index (χ2n) is 22.4. The number of unbranched alkanes of at least 4 members (excludes halogenated alkanes) is 42. The lowest BCUT2D eigenvalue weighted by Gasteiger charge is -2.18. The molecule has 0 rings (SSSR count). The second-order valence-corrected chi connectivity index (χ2v) is 22.4. The van der Waals surface area contributed by atoms with Crippen LogP contribution in [0.3, 0.4) is 0 Å². The SMILES string of the molecule is CC/C=C\C/C=C\C/C=C\CCCCCCCC(=O)OCC(COC(=O)CCCCCCCCCCCCCCCCCCCCCCCCCC)OC(=O)CCCCCCCCC/C=C\CCCCCCCCC. The minimum absolute atomic E-state index is 0.0768. The summed E-state index contributed by atoms with van der Waals surface area (Å²) in [7, 11) is 0. The van der Waals surface area contributed by atoms with E-state index in [1.807, 2.05) is 0 Å². The van der Waals surface area contributed by atoms with Crippen molar-refractivity contribution < 1.29 is 28.6 Å². The molecule has 0 heterocycles. The fourth-order valence-electron chi connectivity index (χ4n) is 9.87. The van der Waals surface area contributed by atoms with Crippen molar-refractivity contribution >= 4 is 17.9 Å². The summed E-state index contributed by atoms with van der Waals surface area (Å²) in [6, 6.07) is 0. The van der Waals surface area contributed by atoms with Crippen molar-refractivity contribution in [2.45, 2.75) is 361 Å². The van der Waals surface area contributed by atoms with E-state index in [-0.39, 0.29) is 31.1 Å². The Bertz CT molecular complexity index is 1300. The summed E-state index contributed by atoms with van der Waals surface area (Å²) >= 11 is 0. The van der Waals surface area contributed by atoms with Gasteiger partial charge in [0.2, 0.25) is 0 Å². The molecule has 0 fully saturated rings. The van der Waals surface area contributed by atoms with Gasteiger partial charge in [-0.2, -0.15) is 0 Å². The van der Waals surface area contributed by atoms with Crippen LogP contribution in [-0.2, 0) is 28.6 Å². The average Bonchev–Trinajstić information content (AvgIpc) is 3.41. The predicted octanol–water partition coefficient (Wildman–Crippen LogP) is 22.6. The van der Waals surface area contributed by atoms with Crippen LogP contribution >= 0.6 is 0 Å². The van der Waals surface area contributed by atoms with Crippen LogP contribution in [0.1, 0.15) is 355 Å². The van der Waals surface area contributed by atoms with Crippen LogP contribution in [0.25, 0.3) is 0 Å². The van der Waals surface area contributed by atoms with E-state index in [2.05, 4.69) is 69.4 Å². The van der Waals surface area contributed by atoms with E-state index < -0.39 is 6.10 Å². The first kappa shape index (κ1) is 72.4. The van der Waals surface area contributed by atoms with Crippen molar-refractivity contribution in [2.24, 2.45) is 0 Å². The highest BCUT2D eigenvalue weighted by Gasteiger charge is 2.19. The van der Waals surface area contributed by atoms with Gasteiger partial charge in [0.15, 0.2) is 6.10 Å². The maximum Gasteiger partial charge on any atom is 0.306 e. The molecule has 0 saturated carbocycles. The second kappa shape index (κ2) is 63.9. The summed E-state index contributed by atoms with van der Waals surface area (Å²) in [6.45, 7) is 6.57. The Balaban J connectivity index is 4.29. The Labute approximate surface area is 467 Å². The molecule has 0 aromatic heterocycles. The zero-order chi connectivity index (χ0) is 54.3. The topological polar surface area (TPSA) is 78.9 Å². The van der Waals surface area contributed by atoms with Crippen molar-refractivity contribution in [3.05, 3.63) is 48.6 Å². The highest BCUT2D eigenvalue weighted by atomic mass is 16.6. The minimum atomic E-state index is -0.782. The number of esters is 3. The number of hydrogen-bond donors (Lipinski definition) is 0. The van der Waals surface area contributed by atoms with Crippen LogP contribution in [0.2, 0.25) is 0 Å². The van der Waals surface area contributed by atoms with Crippen LogP contribution in [0, 0.1) is 0 Å². The van der Waals surface area contributed by atoms with Crippen molar-refractivity contribution in [3.8, 4) is 0 Å². The summed E-state index contributed by atoms with van der Waals surface area (Å²) in [6.07, 6.45) is 79.9. The third kappa shape index (κ3) is 62.1. The Kier molecular flexibility index (Phi) is 61.7. The van der Waals surface area contributed by atoms with E-state index >= 15 is 0 Å². The zero-order valence-corrected chi connectivity index (χ0v) is 50.3. The van der Waals surface area contributed by atoms with E-state index in [1.54, 1.807) is 0 Å². The van der Waals surface area contributed by atoms with Crippen LogP contribution in [-0.4, -0.2) is 37.2 Å². The zero-order valence-electron chi connectivity index (χ0n) is 50.3. The lowest BCUT2D eigenvalue weighted by Crippen LogP contribution is -2.30. The molecular weight excluding hydrogens is 925 g/mol. The van der Waals surface area contributed by atoms with Gasteiger partial charge in [0.25, 0.3) is 0 Å². The number of hydrogen-bond acceptors (Lipinski definition) is 6. The van der Waals surface area contributed by atoms with Gasteiger partial charge in [0.1, 0.15) is 13.2 Å². The number of rotatable bonds is 61. The first-order valence-corrected chi connectivity index (χ1v) is 33.1. The average molecular weight is 1050 g/mol. The van der Waals surface area contributed by atoms with E-state index in [9.17, 15) is 14.4 Å². The van der Waals surface area contributed by atoms with Gasteiger partial charge in [-0.1, -0.05) is 307 Å². The van der Waals surface area contributed by atoms with Gasteiger partial charge >= 0.3 is 17.9 Å². The molecule has 6 heteroatoms. The first-order chi connectivity index (χ1) is 37.0. The highest BCUT2D eigenvalue weighted by molar-refractivity contribution is 5.71. The third-order valence-corrected chi connectivity index (χ3v) is 14.8. The maximum atomic E-state index is 12.9. The number of carbonyl (C=O) groups excluding carboxylic acids is 3. The molecule has 0 N–H and O–H groups in total. The van der Waals surface area contributed by atoms with Crippen molar-refractivity contribution in [3.63, 3.8) is 0 Å². The van der Waals surface area contributed by atoms with Gasteiger partial charge in [-0.3, -0.25) is 14.4 Å². The molecular formula is C69H126O6. The summed E-state index contributed by atoms with van der Waals surface area (Å²) in [5.41, 5.74) is 0. The van der Waals surface area contributed by atoms with E-state index in [0.29, 0.717) is 19.3 Å². The maximum absolute atomic E-state index is 12.9. The largest absolute Gasteiger partial charge is 0.462 e. The van der Waals surface area contributed by atoms with Gasteiger partial charge < -0.3 is 14.2 Å². The predicted molar refractivity (Wildman–Crippen MR) is 325 cm³/mol. The monoisotopic (exact) mass is 1050 g/mol. The normalized spacial score (nSPS) is 12.3. The summed E-state index contributed by atoms with van der Waals surface area (Å²) in [5.74, 6) is -0.877. The molecule has 1 atom stereocenters. The standard InChI is InChI=1S/C69H126O6/c1-4-7-10-13-16-19-22-25-28-30-32-33-34-35-36-37-39-41-44-47-50-53-56-59-62-68(71)74-65-66(64-73-67(70)61-58-55-52-49-46-43-40-27-24-21-18-15-12-9-6-3)75-69(72)63-60-57-54-51-48-45-42-38-31-29-26-23-20-17-14-11-8-5-2/h9,12,18,21,27,29,31,40,66H,4-8,10-11,13-17,19-20,22-26,28,30,32-39,41-65H2,1-3H3/b12-9-,21-18-,31-29-,40-27-. The van der Waals surface area contributed by atoms with Crippen molar-refractivity contribution in [1.29, 1.82) is 0 Å². The lowest BCUT2D eigenvalue weighted by molar-refractivity contribution is -0.167. The Hall–Kier alpha value is -2.63. The van der Waals surface area contributed by atoms with Gasteiger partial charge in [-0.05, 0) is 77.0 Å². The molecule has 0 spiro atoms. The number of ether oxygens (including phenoxy) is 3. The quantitative estimate of drug-likeness (QED) is 0.0261. The molecule has 1 unspecified atom stereocenters. The molecule has 0 aromatic carbocycles. The van der Waals surface area contributed by atoms with Crippen LogP contribution in [0.4, 0.5) is 0 Å². The van der Waals surface area contributed by atoms with Gasteiger partial charge in [0.05, 0.1) is 0 Å². The smallest absolute Gasteiger partial charge is 0.306 e. The molecule has 0 saturated heterocycles. The Morgan fingerprint density at radius 1 is 0.280 bits per heavy atom. The van der Waals surface area contributed by atoms with Crippen LogP contribution < -0.4 is 0 Å². The van der Waals surface area contributed by atoms with E-state index in [0.717, 1.165) is 96.3 Å². The number of carbonyl (C=O) groups is 3. The Morgan fingerprint density at radius 2 is 0.520 bits per heavy atom.